The molecule has 0 saturated carbocycles. The second kappa shape index (κ2) is 12.2. The minimum Gasteiger partial charge on any atom is -0.455 e. The van der Waals surface area contributed by atoms with Gasteiger partial charge in [-0.2, -0.15) is 0 Å². The van der Waals surface area contributed by atoms with Gasteiger partial charge in [0.15, 0.2) is 0 Å². The lowest BCUT2D eigenvalue weighted by molar-refractivity contribution is 0.672. The largest absolute Gasteiger partial charge is 0.455 e. The van der Waals surface area contributed by atoms with E-state index in [1.807, 2.05) is 0 Å². The fraction of sp³-hybridized carbons (Fsp3) is 0. The van der Waals surface area contributed by atoms with E-state index in [4.69, 9.17) is 4.42 Å². The third kappa shape index (κ3) is 4.81. The lowest BCUT2D eigenvalue weighted by Gasteiger charge is -2.27. The van der Waals surface area contributed by atoms with E-state index in [1.54, 1.807) is 0 Å². The van der Waals surface area contributed by atoms with Gasteiger partial charge in [0, 0.05) is 39.3 Å². The molecular formula is C52H33NO. The van der Waals surface area contributed by atoms with Gasteiger partial charge in [0.05, 0.1) is 0 Å². The van der Waals surface area contributed by atoms with Gasteiger partial charge in [-0.3, -0.25) is 0 Å². The molecule has 0 bridgehead atoms. The zero-order valence-electron chi connectivity index (χ0n) is 29.4. The first-order valence-electron chi connectivity index (χ1n) is 18.5. The van der Waals surface area contributed by atoms with Gasteiger partial charge in [0.2, 0.25) is 0 Å². The van der Waals surface area contributed by atoms with E-state index < -0.39 is 0 Å². The minimum atomic E-state index is 0.868. The normalized spacial score (nSPS) is 11.7. The standard InChI is InChI=1S/C52H33NO/c1-3-15-36(16-4-1)50-46-22-12-11-21-43(46)44-29-26-40(32-48(44)51(50)37-17-5-2-6-18-37)53(39-25-23-34-13-7-8-19-38(34)31-39)41-27-30-45-47-28-24-35-14-9-10-20-42(35)52(47)54-49(45)33-41/h1-33H. The molecule has 0 radical (unpaired) electrons. The quantitative estimate of drug-likeness (QED) is 0.168. The maximum Gasteiger partial charge on any atom is 0.143 e. The monoisotopic (exact) mass is 687 g/mol. The first kappa shape index (κ1) is 30.5. The van der Waals surface area contributed by atoms with Gasteiger partial charge in [0.1, 0.15) is 11.2 Å². The average Bonchev–Trinajstić information content (AvgIpc) is 3.62. The molecule has 11 rings (SSSR count). The van der Waals surface area contributed by atoms with Crippen LogP contribution in [-0.4, -0.2) is 0 Å². The minimum absolute atomic E-state index is 0.868. The summed E-state index contributed by atoms with van der Waals surface area (Å²) >= 11 is 0. The molecule has 0 spiro atoms. The van der Waals surface area contributed by atoms with Crippen molar-refractivity contribution >= 4 is 82.1 Å². The number of fused-ring (bicyclic) bond motifs is 9. The third-order valence-electron chi connectivity index (χ3n) is 11.0. The van der Waals surface area contributed by atoms with Crippen molar-refractivity contribution < 1.29 is 4.42 Å². The van der Waals surface area contributed by atoms with Crippen molar-refractivity contribution in [1.29, 1.82) is 0 Å². The Morgan fingerprint density at radius 2 is 0.796 bits per heavy atom. The van der Waals surface area contributed by atoms with Crippen LogP contribution in [0.3, 0.4) is 0 Å². The molecule has 1 aromatic heterocycles. The molecule has 0 aliphatic rings. The Balaban J connectivity index is 1.21. The van der Waals surface area contributed by atoms with Crippen LogP contribution in [0.5, 0.6) is 0 Å². The second-order valence-electron chi connectivity index (χ2n) is 14.1. The molecule has 0 fully saturated rings. The van der Waals surface area contributed by atoms with Gasteiger partial charge in [-0.25, -0.2) is 0 Å². The molecule has 0 aliphatic heterocycles. The number of benzene rings is 10. The smallest absolute Gasteiger partial charge is 0.143 e. The van der Waals surface area contributed by atoms with Crippen LogP contribution in [0.4, 0.5) is 17.1 Å². The highest BCUT2D eigenvalue weighted by molar-refractivity contribution is 6.22. The highest BCUT2D eigenvalue weighted by Gasteiger charge is 2.21. The number of hydrogen-bond acceptors (Lipinski definition) is 2. The van der Waals surface area contributed by atoms with Gasteiger partial charge >= 0.3 is 0 Å². The van der Waals surface area contributed by atoms with Crippen molar-refractivity contribution in [2.45, 2.75) is 0 Å². The van der Waals surface area contributed by atoms with Gasteiger partial charge in [-0.1, -0.05) is 152 Å². The Bertz CT molecular complexity index is 3210. The zero-order valence-corrected chi connectivity index (χ0v) is 29.4. The van der Waals surface area contributed by atoms with Crippen LogP contribution >= 0.6 is 0 Å². The van der Waals surface area contributed by atoms with Crippen LogP contribution in [0.15, 0.2) is 205 Å². The third-order valence-corrected chi connectivity index (χ3v) is 11.0. The molecular weight excluding hydrogens is 655 g/mol. The molecule has 0 atom stereocenters. The van der Waals surface area contributed by atoms with Crippen molar-refractivity contribution in [3.8, 4) is 22.3 Å². The SMILES string of the molecule is c1ccc(-c2c(-c3ccccc3)c3cc(N(c4ccc5ccccc5c4)c4ccc5c(c4)oc4c6ccccc6ccc54)ccc3c3ccccc23)cc1. The van der Waals surface area contributed by atoms with Crippen LogP contribution in [0.2, 0.25) is 0 Å². The van der Waals surface area contributed by atoms with E-state index in [2.05, 4.69) is 205 Å². The Morgan fingerprint density at radius 1 is 0.296 bits per heavy atom. The first-order chi connectivity index (χ1) is 26.8. The van der Waals surface area contributed by atoms with Gasteiger partial charge in [-0.05, 0) is 102 Å². The van der Waals surface area contributed by atoms with E-state index in [0.717, 1.165) is 44.4 Å². The summed E-state index contributed by atoms with van der Waals surface area (Å²) in [6.45, 7) is 0. The van der Waals surface area contributed by atoms with Crippen molar-refractivity contribution in [1.82, 2.24) is 0 Å². The van der Waals surface area contributed by atoms with Crippen LogP contribution < -0.4 is 4.90 Å². The summed E-state index contributed by atoms with van der Waals surface area (Å²) in [6, 6.07) is 72.3. The van der Waals surface area contributed by atoms with Crippen LogP contribution in [0.25, 0.3) is 87.3 Å². The second-order valence-corrected chi connectivity index (χ2v) is 14.1. The van der Waals surface area contributed by atoms with E-state index >= 15 is 0 Å². The molecule has 0 amide bonds. The van der Waals surface area contributed by atoms with Crippen molar-refractivity contribution in [3.63, 3.8) is 0 Å². The molecule has 0 aliphatic carbocycles. The molecule has 1 heterocycles. The van der Waals surface area contributed by atoms with Crippen molar-refractivity contribution in [2.24, 2.45) is 0 Å². The maximum atomic E-state index is 6.73. The summed E-state index contributed by atoms with van der Waals surface area (Å²) in [5.41, 5.74) is 9.86. The molecule has 252 valence electrons. The number of furan rings is 1. The lowest BCUT2D eigenvalue weighted by atomic mass is 9.85. The summed E-state index contributed by atoms with van der Waals surface area (Å²) in [5, 5.41) is 11.9. The zero-order chi connectivity index (χ0) is 35.6. The molecule has 11 aromatic rings. The topological polar surface area (TPSA) is 16.4 Å². The fourth-order valence-corrected chi connectivity index (χ4v) is 8.52. The van der Waals surface area contributed by atoms with Crippen LogP contribution in [0.1, 0.15) is 0 Å². The number of hydrogen-bond donors (Lipinski definition) is 0. The Morgan fingerprint density at radius 3 is 1.56 bits per heavy atom. The summed E-state index contributed by atoms with van der Waals surface area (Å²) < 4.78 is 6.73. The Kier molecular flexibility index (Phi) is 6.90. The molecule has 0 saturated heterocycles. The van der Waals surface area contributed by atoms with Crippen molar-refractivity contribution in [3.05, 3.63) is 200 Å². The molecule has 54 heavy (non-hydrogen) atoms. The molecule has 2 heteroatoms. The first-order valence-corrected chi connectivity index (χ1v) is 18.5. The predicted octanol–water partition coefficient (Wildman–Crippen LogP) is 15.0. The summed E-state index contributed by atoms with van der Waals surface area (Å²) in [4.78, 5) is 2.38. The highest BCUT2D eigenvalue weighted by atomic mass is 16.3. The Labute approximate surface area is 312 Å². The molecule has 10 aromatic carbocycles. The summed E-state index contributed by atoms with van der Waals surface area (Å²) in [7, 11) is 0. The average molecular weight is 688 g/mol. The van der Waals surface area contributed by atoms with E-state index in [1.165, 1.54) is 60.0 Å². The number of rotatable bonds is 5. The molecule has 0 N–H and O–H groups in total. The van der Waals surface area contributed by atoms with Crippen molar-refractivity contribution in [2.75, 3.05) is 4.90 Å². The molecule has 2 nitrogen and oxygen atoms in total. The van der Waals surface area contributed by atoms with E-state index in [9.17, 15) is 0 Å². The summed E-state index contributed by atoms with van der Waals surface area (Å²) in [5.74, 6) is 0. The highest BCUT2D eigenvalue weighted by Crippen LogP contribution is 2.47. The van der Waals surface area contributed by atoms with E-state index in [-0.39, 0.29) is 0 Å². The van der Waals surface area contributed by atoms with Crippen LogP contribution in [0, 0.1) is 0 Å². The van der Waals surface area contributed by atoms with E-state index in [0.29, 0.717) is 0 Å². The maximum absolute atomic E-state index is 6.73. The van der Waals surface area contributed by atoms with Gasteiger partial charge < -0.3 is 9.32 Å². The van der Waals surface area contributed by atoms with Crippen LogP contribution in [-0.2, 0) is 0 Å². The van der Waals surface area contributed by atoms with Gasteiger partial charge in [-0.15, -0.1) is 0 Å². The number of anilines is 3. The fourth-order valence-electron chi connectivity index (χ4n) is 8.52. The predicted molar refractivity (Wildman–Crippen MR) is 229 cm³/mol. The molecule has 0 unspecified atom stereocenters. The van der Waals surface area contributed by atoms with Gasteiger partial charge in [0.25, 0.3) is 0 Å². The lowest BCUT2D eigenvalue weighted by Crippen LogP contribution is -2.10. The summed E-state index contributed by atoms with van der Waals surface area (Å²) in [6.07, 6.45) is 0. The number of nitrogens with zero attached hydrogens (tertiary/aromatic N) is 1. The Hall–Kier alpha value is -7.16.